The number of carboxylic acids is 1. The molecule has 13 fully saturated rings. The summed E-state index contributed by atoms with van der Waals surface area (Å²) in [6.45, 7) is -5.93. The molecule has 0 radical (unpaired) electrons. The first-order valence-corrected chi connectivity index (χ1v) is 46.2. The highest BCUT2D eigenvalue weighted by molar-refractivity contribution is 7.80. The fourth-order valence-electron chi connectivity index (χ4n) is 20.9. The zero-order valence-electron chi connectivity index (χ0n) is 73.4. The summed E-state index contributed by atoms with van der Waals surface area (Å²) in [5.41, 5.74) is 0. The molecule has 0 bridgehead atoms. The molecule has 13 aliphatic rings. The highest BCUT2D eigenvalue weighted by Gasteiger charge is 2.54. The van der Waals surface area contributed by atoms with Crippen LogP contribution >= 0.6 is 12.6 Å². The predicted octanol–water partition coefficient (Wildman–Crippen LogP) is -14.3. The van der Waals surface area contributed by atoms with E-state index in [0.717, 1.165) is 35.8 Å². The standard InChI is InChI=1S/C82H119N21O29S/c104-41-19-55(97(33-41)76(126)48-7-1-13-83-48)69(119)84-26-62(111)91-49(40-133)77(127)98-34-42(105)20-56(98)70(120)85-27-63(112)92-14-2-8-50(92)78(128)99-35-43(106)21-57(99)71(121)86-28-64(113)93-15-3-9-51(93)79(129)100-36-44(107)22-58(100)72(122)87-29-65(114)94-16-4-10-52(94)80(130)101-37-45(108)23-59(101)73(123)88-30-66(115)95-17-5-11-53(95)81(131)102-38-46(109)24-60(102)74(124)89-31-67(116)96-18-6-12-54(96)82(132)103-39-47(110)25-61(103)75(125)90-32-68(117)118/h41-61,83,104-110,133H,1-40H2,(H,84,119)(H,85,120)(H,86,121)(H,87,122)(H,88,123)(H,89,124)(H,90,125)(H,91,111)(H,117,118)/t41-,42-,43-,44-,45-,46-,47-,48+,49+,50+,51+,52+,53+,54+,55+,56+,57+,58+,59+,60+,61+/m1/s1. The summed E-state index contributed by atoms with van der Waals surface area (Å²) >= 11 is 4.23. The second kappa shape index (κ2) is 43.5. The van der Waals surface area contributed by atoms with E-state index < -0.39 is 291 Å². The Labute approximate surface area is 767 Å². The Kier molecular flexibility index (Phi) is 32.5. The van der Waals surface area contributed by atoms with Crippen LogP contribution < -0.4 is 47.9 Å². The maximum absolute atomic E-state index is 14.5. The van der Waals surface area contributed by atoms with Crippen LogP contribution in [0.2, 0.25) is 0 Å². The van der Waals surface area contributed by atoms with Gasteiger partial charge in [-0.05, 0) is 83.6 Å². The first-order valence-electron chi connectivity index (χ1n) is 45.6. The summed E-state index contributed by atoms with van der Waals surface area (Å²) in [4.78, 5) is 302. The van der Waals surface area contributed by atoms with Crippen LogP contribution in [0, 0.1) is 0 Å². The average molecular weight is 1900 g/mol. The van der Waals surface area contributed by atoms with Gasteiger partial charge in [0.05, 0.1) is 88.0 Å². The average Bonchev–Trinajstić information content (AvgIpc) is 1.66. The SMILES string of the molecule is O=C(O)CNC(=O)[C@@H]1C[C@@H](O)CN1C(=O)[C@@H]1CCCN1C(=O)CNC(=O)[C@@H]1C[C@@H](O)CN1C(=O)[C@@H]1CCCN1C(=O)CNC(=O)[C@@H]1C[C@@H](O)CN1C(=O)[C@@H]1CCCN1C(=O)CNC(=O)[C@@H]1C[C@@H](O)CN1C(=O)[C@@H]1CCCN1C(=O)CNC(=O)[C@@H]1C[C@@H](O)CN1C(=O)[C@@H]1CCCN1C(=O)CNC(=O)[C@@H]1C[C@@H](O)CN1C(=O)[C@H](CS)NC(=O)CNC(=O)[C@@H]1C[C@@H](O)CN1C(=O)[C@@H]1CCCN1. The van der Waals surface area contributed by atoms with Crippen LogP contribution in [0.3, 0.4) is 0 Å². The summed E-state index contributed by atoms with van der Waals surface area (Å²) in [7, 11) is 0. The molecule has 13 heterocycles. The van der Waals surface area contributed by atoms with Gasteiger partial charge < -0.3 is 148 Å². The fraction of sp³-hybridized carbons (Fsp3) is 0.744. The van der Waals surface area contributed by atoms with Crippen molar-refractivity contribution in [3.63, 3.8) is 0 Å². The molecule has 0 unspecified atom stereocenters. The number of hydrogen-bond acceptors (Lipinski definition) is 30. The number of carbonyl (C=O) groups excluding carboxylic acids is 20. The van der Waals surface area contributed by atoms with Gasteiger partial charge in [-0.1, -0.05) is 0 Å². The first kappa shape index (κ1) is 99.4. The number of thiol groups is 1. The van der Waals surface area contributed by atoms with Crippen LogP contribution in [0.5, 0.6) is 0 Å². The minimum absolute atomic E-state index is 0.0263. The molecule has 0 aromatic heterocycles. The number of aliphatic carboxylic acids is 1. The van der Waals surface area contributed by atoms with Gasteiger partial charge in [0.15, 0.2) is 0 Å². The van der Waals surface area contributed by atoms with Gasteiger partial charge in [-0.3, -0.25) is 101 Å². The number of nitrogens with one attached hydrogen (secondary N) is 9. The molecule has 0 spiro atoms. The van der Waals surface area contributed by atoms with Gasteiger partial charge in [-0.25, -0.2) is 0 Å². The third-order valence-electron chi connectivity index (χ3n) is 27.4. The Morgan fingerprint density at radius 1 is 0.278 bits per heavy atom. The summed E-state index contributed by atoms with van der Waals surface area (Å²) in [5, 5.41) is 107. The summed E-state index contributed by atoms with van der Waals surface area (Å²) in [6, 6.07) is -16.6. The molecule has 0 aliphatic carbocycles. The molecular weight excluding hydrogens is 1780 g/mol. The summed E-state index contributed by atoms with van der Waals surface area (Å²) < 4.78 is 0. The van der Waals surface area contributed by atoms with E-state index in [2.05, 4.69) is 60.5 Å². The van der Waals surface area contributed by atoms with Gasteiger partial charge in [0.1, 0.15) is 85.1 Å². The molecule has 51 heteroatoms. The molecule has 732 valence electrons. The normalized spacial score (nSPS) is 30.4. The van der Waals surface area contributed by atoms with E-state index in [1.165, 1.54) is 29.4 Å². The first-order chi connectivity index (χ1) is 63.4. The lowest BCUT2D eigenvalue weighted by Crippen LogP contribution is -2.57. The van der Waals surface area contributed by atoms with E-state index in [1.807, 2.05) is 0 Å². The van der Waals surface area contributed by atoms with Crippen molar-refractivity contribution in [2.24, 2.45) is 0 Å². The highest BCUT2D eigenvalue weighted by atomic mass is 32.1. The molecule has 21 atom stereocenters. The van der Waals surface area contributed by atoms with E-state index in [-0.39, 0.29) is 167 Å². The lowest BCUT2D eigenvalue weighted by molar-refractivity contribution is -0.148. The van der Waals surface area contributed by atoms with Gasteiger partial charge in [0.2, 0.25) is 118 Å². The molecule has 50 nitrogen and oxygen atoms in total. The molecular formula is C82H119N21O29S. The second-order valence-electron chi connectivity index (χ2n) is 36.4. The van der Waals surface area contributed by atoms with Crippen molar-refractivity contribution in [2.45, 2.75) is 249 Å². The number of nitrogens with zero attached hydrogens (tertiary/aromatic N) is 12. The van der Waals surface area contributed by atoms with Crippen LogP contribution in [0.25, 0.3) is 0 Å². The second-order valence-corrected chi connectivity index (χ2v) is 36.7. The third-order valence-corrected chi connectivity index (χ3v) is 27.8. The number of hydrogen-bond donors (Lipinski definition) is 18. The summed E-state index contributed by atoms with van der Waals surface area (Å²) in [5.74, 6) is -16.5. The molecule has 13 aliphatic heterocycles. The number of amides is 20. The van der Waals surface area contributed by atoms with Crippen LogP contribution in [-0.2, 0) is 101 Å². The molecule has 13 rings (SSSR count). The molecule has 133 heavy (non-hydrogen) atoms. The third kappa shape index (κ3) is 22.6. The van der Waals surface area contributed by atoms with E-state index in [9.17, 15) is 136 Å². The van der Waals surface area contributed by atoms with Crippen LogP contribution in [0.1, 0.15) is 122 Å². The number of rotatable bonds is 30. The number of carbonyl (C=O) groups is 21. The lowest BCUT2D eigenvalue weighted by Gasteiger charge is -2.32. The molecule has 0 saturated carbocycles. The van der Waals surface area contributed by atoms with Gasteiger partial charge in [0, 0.05) is 129 Å². The smallest absolute Gasteiger partial charge is 0.322 e. The number of likely N-dealkylation sites (tertiary alicyclic amines) is 12. The minimum Gasteiger partial charge on any atom is -0.480 e. The Balaban J connectivity index is 0.535. The molecule has 20 amide bonds. The zero-order chi connectivity index (χ0) is 95.8. The van der Waals surface area contributed by atoms with E-state index in [1.54, 1.807) is 0 Å². The lowest BCUT2D eigenvalue weighted by atomic mass is 10.1. The van der Waals surface area contributed by atoms with E-state index in [4.69, 9.17) is 5.11 Å². The Morgan fingerprint density at radius 3 is 0.737 bits per heavy atom. The Hall–Kier alpha value is -11.1. The van der Waals surface area contributed by atoms with E-state index in [0.29, 0.717) is 45.1 Å². The monoisotopic (exact) mass is 1890 g/mol. The summed E-state index contributed by atoms with van der Waals surface area (Å²) in [6.07, 6.45) is -6.10. The number of carboxylic acid groups (broad SMARTS) is 1. The number of β-amino-alcohol motifs (C(OH)–C–C–N with tert-alkyl or cyclic N) is 7. The van der Waals surface area contributed by atoms with Crippen molar-refractivity contribution in [3.8, 4) is 0 Å². The van der Waals surface area contributed by atoms with Crippen LogP contribution in [0.15, 0.2) is 0 Å². The van der Waals surface area contributed by atoms with Gasteiger partial charge in [0.25, 0.3) is 0 Å². The fourth-order valence-corrected chi connectivity index (χ4v) is 21.2. The maximum atomic E-state index is 14.5. The molecule has 17 N–H and O–H groups in total. The predicted molar refractivity (Wildman–Crippen MR) is 452 cm³/mol. The maximum Gasteiger partial charge on any atom is 0.322 e. The number of aliphatic hydroxyl groups excluding tert-OH is 7. The highest BCUT2D eigenvalue weighted by Crippen LogP contribution is 2.34. The minimum atomic E-state index is -1.37. The van der Waals surface area contributed by atoms with Crippen molar-refractivity contribution in [3.05, 3.63) is 0 Å². The molecule has 13 saturated heterocycles. The Bertz CT molecular complexity index is 4530. The van der Waals surface area contributed by atoms with Crippen LogP contribution in [-0.4, -0.2) is 488 Å². The van der Waals surface area contributed by atoms with Crippen molar-refractivity contribution in [1.29, 1.82) is 0 Å². The van der Waals surface area contributed by atoms with Crippen molar-refractivity contribution in [2.75, 3.05) is 137 Å². The van der Waals surface area contributed by atoms with Crippen LogP contribution in [0.4, 0.5) is 0 Å². The van der Waals surface area contributed by atoms with Crippen molar-refractivity contribution >= 4 is 137 Å². The van der Waals surface area contributed by atoms with Crippen molar-refractivity contribution in [1.82, 2.24) is 107 Å². The van der Waals surface area contributed by atoms with Gasteiger partial charge >= 0.3 is 5.97 Å². The van der Waals surface area contributed by atoms with Gasteiger partial charge in [-0.15, -0.1) is 0 Å². The van der Waals surface area contributed by atoms with Gasteiger partial charge in [-0.2, -0.15) is 12.6 Å². The van der Waals surface area contributed by atoms with Crippen molar-refractivity contribution < 1.29 is 142 Å². The molecule has 0 aromatic carbocycles. The number of aliphatic hydroxyl groups is 7. The Morgan fingerprint density at radius 2 is 0.504 bits per heavy atom. The zero-order valence-corrected chi connectivity index (χ0v) is 74.3. The topological polar surface area (TPSA) is 667 Å². The quantitative estimate of drug-likeness (QED) is 0.0297. The van der Waals surface area contributed by atoms with E-state index >= 15 is 0 Å². The largest absolute Gasteiger partial charge is 0.480 e. The molecule has 0 aromatic rings.